The van der Waals surface area contributed by atoms with Crippen LogP contribution < -0.4 is 14.4 Å². The van der Waals surface area contributed by atoms with E-state index in [1.54, 1.807) is 37.4 Å². The van der Waals surface area contributed by atoms with Crippen molar-refractivity contribution in [2.45, 2.75) is 4.90 Å². The molecule has 0 bridgehead atoms. The second-order valence-corrected chi connectivity index (χ2v) is 9.26. The van der Waals surface area contributed by atoms with Crippen LogP contribution in [0.25, 0.3) is 0 Å². The van der Waals surface area contributed by atoms with Crippen molar-refractivity contribution in [3.8, 4) is 11.5 Å². The van der Waals surface area contributed by atoms with E-state index >= 15 is 0 Å². The molecule has 0 saturated carbocycles. The Labute approximate surface area is 187 Å². The van der Waals surface area contributed by atoms with Crippen molar-refractivity contribution in [1.82, 2.24) is 4.31 Å². The van der Waals surface area contributed by atoms with Crippen LogP contribution in [0, 0.1) is 0 Å². The normalized spacial score (nSPS) is 14.7. The lowest BCUT2D eigenvalue weighted by molar-refractivity contribution is 0.0734. The molecule has 0 radical (unpaired) electrons. The molecule has 3 aromatic carbocycles. The van der Waals surface area contributed by atoms with Gasteiger partial charge in [0.15, 0.2) is 0 Å². The highest BCUT2D eigenvalue weighted by Crippen LogP contribution is 2.23. The maximum atomic E-state index is 13.2. The monoisotopic (exact) mass is 452 g/mol. The zero-order chi connectivity index (χ0) is 22.6. The predicted molar refractivity (Wildman–Crippen MR) is 122 cm³/mol. The summed E-state index contributed by atoms with van der Waals surface area (Å²) in [5.41, 5.74) is 1.25. The number of esters is 1. The SMILES string of the molecule is COc1ccc(OC(=O)c2cccc(S(=O)(=O)N3CCN(c4ccccc4)CC3)c2)cc1. The fourth-order valence-corrected chi connectivity index (χ4v) is 5.04. The average molecular weight is 453 g/mol. The molecule has 3 aromatic rings. The van der Waals surface area contributed by atoms with Crippen molar-refractivity contribution in [1.29, 1.82) is 0 Å². The Hall–Kier alpha value is -3.36. The fraction of sp³-hybridized carbons (Fsp3) is 0.208. The van der Waals surface area contributed by atoms with Crippen LogP contribution >= 0.6 is 0 Å². The number of piperazine rings is 1. The lowest BCUT2D eigenvalue weighted by Gasteiger charge is -2.35. The number of benzene rings is 3. The number of carbonyl (C=O) groups is 1. The maximum absolute atomic E-state index is 13.2. The number of anilines is 1. The molecule has 1 saturated heterocycles. The molecule has 4 rings (SSSR count). The topological polar surface area (TPSA) is 76.1 Å². The molecule has 0 unspecified atom stereocenters. The molecule has 0 atom stereocenters. The smallest absolute Gasteiger partial charge is 0.343 e. The van der Waals surface area contributed by atoms with Crippen LogP contribution in [-0.4, -0.2) is 52.0 Å². The van der Waals surface area contributed by atoms with Gasteiger partial charge in [-0.2, -0.15) is 4.31 Å². The highest BCUT2D eigenvalue weighted by molar-refractivity contribution is 7.89. The molecule has 0 N–H and O–H groups in total. The highest BCUT2D eigenvalue weighted by Gasteiger charge is 2.29. The third-order valence-corrected chi connectivity index (χ3v) is 7.23. The van der Waals surface area contributed by atoms with Gasteiger partial charge in [-0.1, -0.05) is 24.3 Å². The largest absolute Gasteiger partial charge is 0.497 e. The van der Waals surface area contributed by atoms with Gasteiger partial charge in [-0.25, -0.2) is 13.2 Å². The van der Waals surface area contributed by atoms with E-state index in [1.807, 2.05) is 30.3 Å². The molecule has 7 nitrogen and oxygen atoms in total. The zero-order valence-corrected chi connectivity index (χ0v) is 18.5. The summed E-state index contributed by atoms with van der Waals surface area (Å²) in [4.78, 5) is 14.8. The van der Waals surface area contributed by atoms with Gasteiger partial charge in [0.1, 0.15) is 11.5 Å². The number of ether oxygens (including phenoxy) is 2. The minimum Gasteiger partial charge on any atom is -0.497 e. The molecular formula is C24H24N2O5S. The zero-order valence-electron chi connectivity index (χ0n) is 17.7. The van der Waals surface area contributed by atoms with E-state index < -0.39 is 16.0 Å². The highest BCUT2D eigenvalue weighted by atomic mass is 32.2. The molecule has 1 aliphatic rings. The summed E-state index contributed by atoms with van der Waals surface area (Å²) < 4.78 is 38.3. The van der Waals surface area contributed by atoms with Crippen LogP contribution in [0.5, 0.6) is 11.5 Å². The Morgan fingerprint density at radius 1 is 0.812 bits per heavy atom. The lowest BCUT2D eigenvalue weighted by Crippen LogP contribution is -2.48. The summed E-state index contributed by atoms with van der Waals surface area (Å²) in [6.45, 7) is 1.94. The predicted octanol–water partition coefficient (Wildman–Crippen LogP) is 3.43. The van der Waals surface area contributed by atoms with Gasteiger partial charge < -0.3 is 14.4 Å². The average Bonchev–Trinajstić information content (AvgIpc) is 2.85. The van der Waals surface area contributed by atoms with Crippen molar-refractivity contribution < 1.29 is 22.7 Å². The second kappa shape index (κ2) is 9.42. The Balaban J connectivity index is 1.45. The van der Waals surface area contributed by atoms with Crippen LogP contribution in [0.4, 0.5) is 5.69 Å². The number of methoxy groups -OCH3 is 1. The molecule has 32 heavy (non-hydrogen) atoms. The Bertz CT molecular complexity index is 1170. The summed E-state index contributed by atoms with van der Waals surface area (Å²) in [6.07, 6.45) is 0. The summed E-state index contributed by atoms with van der Waals surface area (Å²) in [5.74, 6) is 0.368. The fourth-order valence-electron chi connectivity index (χ4n) is 3.57. The van der Waals surface area contributed by atoms with E-state index in [9.17, 15) is 13.2 Å². The molecule has 0 spiro atoms. The number of para-hydroxylation sites is 1. The molecule has 1 aliphatic heterocycles. The minimum atomic E-state index is -3.72. The summed E-state index contributed by atoms with van der Waals surface area (Å²) in [6, 6.07) is 22.5. The van der Waals surface area contributed by atoms with Crippen LogP contribution in [-0.2, 0) is 10.0 Å². The van der Waals surface area contributed by atoms with Crippen molar-refractivity contribution >= 4 is 21.7 Å². The Morgan fingerprint density at radius 3 is 2.12 bits per heavy atom. The van der Waals surface area contributed by atoms with Gasteiger partial charge >= 0.3 is 5.97 Å². The second-order valence-electron chi connectivity index (χ2n) is 7.32. The van der Waals surface area contributed by atoms with Crippen LogP contribution in [0.1, 0.15) is 10.4 Å². The van der Waals surface area contributed by atoms with E-state index in [4.69, 9.17) is 9.47 Å². The van der Waals surface area contributed by atoms with Crippen LogP contribution in [0.2, 0.25) is 0 Å². The van der Waals surface area contributed by atoms with Crippen molar-refractivity contribution in [2.75, 3.05) is 38.2 Å². The van der Waals surface area contributed by atoms with E-state index in [0.29, 0.717) is 37.7 Å². The molecule has 0 aromatic heterocycles. The van der Waals surface area contributed by atoms with E-state index in [-0.39, 0.29) is 10.5 Å². The number of nitrogens with zero attached hydrogens (tertiary/aromatic N) is 2. The van der Waals surface area contributed by atoms with Gasteiger partial charge in [-0.05, 0) is 54.6 Å². The first-order valence-electron chi connectivity index (χ1n) is 10.2. The first-order chi connectivity index (χ1) is 15.5. The number of carbonyl (C=O) groups excluding carboxylic acids is 1. The first-order valence-corrected chi connectivity index (χ1v) is 11.7. The van der Waals surface area contributed by atoms with Gasteiger partial charge in [0, 0.05) is 31.9 Å². The van der Waals surface area contributed by atoms with Crippen molar-refractivity contribution in [3.63, 3.8) is 0 Å². The Kier molecular flexibility index (Phi) is 6.43. The standard InChI is InChI=1S/C24H24N2O5S/c1-30-21-10-12-22(13-11-21)31-24(27)19-6-5-9-23(18-19)32(28,29)26-16-14-25(15-17-26)20-7-3-2-4-8-20/h2-13,18H,14-17H2,1H3. The number of hydrogen-bond donors (Lipinski definition) is 0. The van der Waals surface area contributed by atoms with Crippen LogP contribution in [0.3, 0.4) is 0 Å². The molecule has 166 valence electrons. The number of sulfonamides is 1. The molecule has 1 fully saturated rings. The van der Waals surface area contributed by atoms with Crippen molar-refractivity contribution in [3.05, 3.63) is 84.4 Å². The Morgan fingerprint density at radius 2 is 1.47 bits per heavy atom. The van der Waals surface area contributed by atoms with E-state index in [2.05, 4.69) is 4.90 Å². The van der Waals surface area contributed by atoms with Crippen molar-refractivity contribution in [2.24, 2.45) is 0 Å². The maximum Gasteiger partial charge on any atom is 0.343 e. The molecule has 8 heteroatoms. The number of hydrogen-bond acceptors (Lipinski definition) is 6. The summed E-state index contributed by atoms with van der Waals surface area (Å²) in [5, 5.41) is 0. The lowest BCUT2D eigenvalue weighted by atomic mass is 10.2. The third-order valence-electron chi connectivity index (χ3n) is 5.34. The minimum absolute atomic E-state index is 0.0786. The summed E-state index contributed by atoms with van der Waals surface area (Å²) >= 11 is 0. The first kappa shape index (κ1) is 21.9. The summed E-state index contributed by atoms with van der Waals surface area (Å²) in [7, 11) is -2.17. The molecule has 1 heterocycles. The number of rotatable bonds is 6. The quantitative estimate of drug-likeness (QED) is 0.421. The van der Waals surface area contributed by atoms with Crippen LogP contribution in [0.15, 0.2) is 83.8 Å². The van der Waals surface area contributed by atoms with Gasteiger partial charge in [-0.3, -0.25) is 0 Å². The van der Waals surface area contributed by atoms with Gasteiger partial charge in [0.05, 0.1) is 17.6 Å². The van der Waals surface area contributed by atoms with Gasteiger partial charge in [0.25, 0.3) is 0 Å². The molecular weight excluding hydrogens is 428 g/mol. The molecule has 0 amide bonds. The molecule has 0 aliphatic carbocycles. The van der Waals surface area contributed by atoms with Gasteiger partial charge in [0.2, 0.25) is 10.0 Å². The van der Waals surface area contributed by atoms with E-state index in [1.165, 1.54) is 22.5 Å². The third kappa shape index (κ3) is 4.76. The van der Waals surface area contributed by atoms with Gasteiger partial charge in [-0.15, -0.1) is 0 Å². The van der Waals surface area contributed by atoms with E-state index in [0.717, 1.165) is 5.69 Å².